The first-order valence-corrected chi connectivity index (χ1v) is 12.4. The summed E-state index contributed by atoms with van der Waals surface area (Å²) in [5.74, 6) is 0.445. The molecule has 0 saturated heterocycles. The number of aromatic nitrogens is 3. The van der Waals surface area contributed by atoms with Crippen LogP contribution in [0.2, 0.25) is 0 Å². The van der Waals surface area contributed by atoms with Gasteiger partial charge in [-0.2, -0.15) is 13.5 Å². The van der Waals surface area contributed by atoms with Crippen LogP contribution in [0.1, 0.15) is 17.5 Å². The van der Waals surface area contributed by atoms with Crippen LogP contribution >= 0.6 is 0 Å². The summed E-state index contributed by atoms with van der Waals surface area (Å²) < 4.78 is 34.4. The number of fused-ring (bicyclic) bond motifs is 1. The van der Waals surface area contributed by atoms with Gasteiger partial charge in [-0.1, -0.05) is 12.1 Å². The van der Waals surface area contributed by atoms with Crippen molar-refractivity contribution in [3.8, 4) is 17.0 Å². The first-order valence-electron chi connectivity index (χ1n) is 10.9. The highest BCUT2D eigenvalue weighted by atomic mass is 32.2. The zero-order valence-electron chi connectivity index (χ0n) is 19.4. The number of benzene rings is 1. The molecule has 11 heteroatoms. The van der Waals surface area contributed by atoms with E-state index in [1.165, 1.54) is 17.9 Å². The van der Waals surface area contributed by atoms with E-state index in [2.05, 4.69) is 20.1 Å². The molecule has 0 fully saturated rings. The molecule has 180 valence electrons. The van der Waals surface area contributed by atoms with Crippen molar-refractivity contribution in [1.29, 1.82) is 0 Å². The SMILES string of the molecule is COc1cc(-c2ccc3c(c2NC(=O)NS(=O)(=O)c2ccn(CCN(C)C)n2)CCC3)ccn1. The molecule has 34 heavy (non-hydrogen) atoms. The van der Waals surface area contributed by atoms with Crippen molar-refractivity contribution in [2.75, 3.05) is 33.1 Å². The van der Waals surface area contributed by atoms with E-state index >= 15 is 0 Å². The molecule has 0 aliphatic heterocycles. The van der Waals surface area contributed by atoms with Gasteiger partial charge in [0.05, 0.1) is 19.3 Å². The van der Waals surface area contributed by atoms with Crippen molar-refractivity contribution in [3.63, 3.8) is 0 Å². The summed E-state index contributed by atoms with van der Waals surface area (Å²) in [6.45, 7) is 1.24. The van der Waals surface area contributed by atoms with Crippen molar-refractivity contribution >= 4 is 21.7 Å². The van der Waals surface area contributed by atoms with E-state index in [0.29, 0.717) is 24.7 Å². The van der Waals surface area contributed by atoms with Crippen molar-refractivity contribution in [3.05, 3.63) is 53.9 Å². The molecule has 1 aliphatic rings. The number of anilines is 1. The maximum atomic E-state index is 12.9. The number of nitrogens with zero attached hydrogens (tertiary/aromatic N) is 4. The standard InChI is InChI=1S/C23H28N6O4S/c1-28(2)13-14-29-12-10-21(26-29)34(31,32)27-23(30)25-22-18-6-4-5-16(18)7-8-19(22)17-9-11-24-20(15-17)33-3/h7-12,15H,4-6,13-14H2,1-3H3,(H2,25,27,30). The van der Waals surface area contributed by atoms with Gasteiger partial charge in [-0.25, -0.2) is 14.5 Å². The van der Waals surface area contributed by atoms with Gasteiger partial charge in [-0.3, -0.25) is 4.68 Å². The molecule has 0 atom stereocenters. The van der Waals surface area contributed by atoms with Gasteiger partial charge in [0.25, 0.3) is 10.0 Å². The molecule has 0 saturated carbocycles. The molecule has 2 aromatic heterocycles. The highest BCUT2D eigenvalue weighted by Crippen LogP contribution is 2.38. The van der Waals surface area contributed by atoms with Crippen molar-refractivity contribution in [2.45, 2.75) is 30.8 Å². The molecule has 2 N–H and O–H groups in total. The number of nitrogens with one attached hydrogen (secondary N) is 2. The van der Waals surface area contributed by atoms with E-state index in [1.54, 1.807) is 18.5 Å². The summed E-state index contributed by atoms with van der Waals surface area (Å²) in [7, 11) is 1.24. The molecule has 2 amide bonds. The van der Waals surface area contributed by atoms with Gasteiger partial charge >= 0.3 is 6.03 Å². The lowest BCUT2D eigenvalue weighted by atomic mass is 9.98. The Kier molecular flexibility index (Phi) is 6.85. The van der Waals surface area contributed by atoms with Crippen molar-refractivity contribution in [1.82, 2.24) is 24.4 Å². The summed E-state index contributed by atoms with van der Waals surface area (Å²) in [6.07, 6.45) is 5.88. The normalized spacial score (nSPS) is 13.1. The van der Waals surface area contributed by atoms with E-state index in [1.807, 2.05) is 37.2 Å². The second kappa shape index (κ2) is 9.82. The lowest BCUT2D eigenvalue weighted by Crippen LogP contribution is -2.35. The van der Waals surface area contributed by atoms with Crippen molar-refractivity contribution < 1.29 is 17.9 Å². The first kappa shape index (κ1) is 23.7. The molecular weight excluding hydrogens is 456 g/mol. The lowest BCUT2D eigenvalue weighted by Gasteiger charge is -2.17. The first-order chi connectivity index (χ1) is 16.3. The number of sulfonamides is 1. The Morgan fingerprint density at radius 1 is 1.21 bits per heavy atom. The fourth-order valence-electron chi connectivity index (χ4n) is 3.97. The van der Waals surface area contributed by atoms with Gasteiger partial charge in [-0.15, -0.1) is 0 Å². The number of amides is 2. The number of aryl methyl sites for hydroxylation is 1. The predicted molar refractivity (Wildman–Crippen MR) is 128 cm³/mol. The Hall–Kier alpha value is -3.44. The van der Waals surface area contributed by atoms with Crippen LogP contribution in [-0.4, -0.2) is 61.9 Å². The summed E-state index contributed by atoms with van der Waals surface area (Å²) in [4.78, 5) is 19.0. The van der Waals surface area contributed by atoms with Crippen LogP contribution in [-0.2, 0) is 29.4 Å². The molecule has 2 heterocycles. The van der Waals surface area contributed by atoms with Crippen LogP contribution in [0.3, 0.4) is 0 Å². The van der Waals surface area contributed by atoms with E-state index < -0.39 is 16.1 Å². The number of rotatable bonds is 8. The minimum Gasteiger partial charge on any atom is -0.481 e. The average molecular weight is 485 g/mol. The summed E-state index contributed by atoms with van der Waals surface area (Å²) in [5.41, 5.74) is 4.31. The Labute approximate surface area is 199 Å². The number of hydrogen-bond acceptors (Lipinski definition) is 7. The Morgan fingerprint density at radius 3 is 2.79 bits per heavy atom. The molecule has 1 aliphatic carbocycles. The Bertz CT molecular complexity index is 1300. The van der Waals surface area contributed by atoms with Gasteiger partial charge in [-0.05, 0) is 62.2 Å². The van der Waals surface area contributed by atoms with Crippen LogP contribution < -0.4 is 14.8 Å². The monoisotopic (exact) mass is 484 g/mol. The van der Waals surface area contributed by atoms with E-state index in [4.69, 9.17) is 4.74 Å². The van der Waals surface area contributed by atoms with Gasteiger partial charge < -0.3 is 15.0 Å². The van der Waals surface area contributed by atoms with E-state index in [9.17, 15) is 13.2 Å². The molecule has 3 aromatic rings. The third-order valence-electron chi connectivity index (χ3n) is 5.67. The average Bonchev–Trinajstić information content (AvgIpc) is 3.48. The number of pyridine rings is 1. The lowest BCUT2D eigenvalue weighted by molar-refractivity contribution is 0.256. The smallest absolute Gasteiger partial charge is 0.333 e. The van der Waals surface area contributed by atoms with Crippen LogP contribution in [0.25, 0.3) is 11.1 Å². The number of methoxy groups -OCH3 is 1. The summed E-state index contributed by atoms with van der Waals surface area (Å²) in [6, 6.07) is 8.10. The highest BCUT2D eigenvalue weighted by molar-refractivity contribution is 7.90. The zero-order chi connectivity index (χ0) is 24.3. The number of carbonyl (C=O) groups excluding carboxylic acids is 1. The fourth-order valence-corrected chi connectivity index (χ4v) is 4.82. The minimum absolute atomic E-state index is 0.209. The molecular formula is C23H28N6O4S. The third kappa shape index (κ3) is 5.20. The van der Waals surface area contributed by atoms with Gasteiger partial charge in [0.1, 0.15) is 0 Å². The van der Waals surface area contributed by atoms with Crippen molar-refractivity contribution in [2.24, 2.45) is 0 Å². The van der Waals surface area contributed by atoms with Crippen LogP contribution in [0.5, 0.6) is 5.88 Å². The number of carbonyl (C=O) groups is 1. The molecule has 1 aromatic carbocycles. The molecule has 10 nitrogen and oxygen atoms in total. The maximum Gasteiger partial charge on any atom is 0.333 e. The summed E-state index contributed by atoms with van der Waals surface area (Å²) >= 11 is 0. The Balaban J connectivity index is 1.58. The quantitative estimate of drug-likeness (QED) is 0.504. The van der Waals surface area contributed by atoms with Gasteiger partial charge in [0.2, 0.25) is 5.88 Å². The van der Waals surface area contributed by atoms with Crippen LogP contribution in [0.15, 0.2) is 47.8 Å². The largest absolute Gasteiger partial charge is 0.481 e. The molecule has 0 radical (unpaired) electrons. The number of ether oxygens (including phenoxy) is 1. The van der Waals surface area contributed by atoms with E-state index in [-0.39, 0.29) is 5.03 Å². The maximum absolute atomic E-state index is 12.9. The van der Waals surface area contributed by atoms with Gasteiger partial charge in [0.15, 0.2) is 5.03 Å². The minimum atomic E-state index is -4.14. The second-order valence-electron chi connectivity index (χ2n) is 8.35. The highest BCUT2D eigenvalue weighted by Gasteiger charge is 2.24. The van der Waals surface area contributed by atoms with E-state index in [0.717, 1.165) is 41.5 Å². The number of hydrogen-bond donors (Lipinski definition) is 2. The molecule has 0 spiro atoms. The van der Waals surface area contributed by atoms with Crippen LogP contribution in [0.4, 0.5) is 10.5 Å². The Morgan fingerprint density at radius 2 is 2.03 bits per heavy atom. The second-order valence-corrected chi connectivity index (χ2v) is 9.98. The third-order valence-corrected chi connectivity index (χ3v) is 6.89. The van der Waals surface area contributed by atoms with Gasteiger partial charge in [0, 0.05) is 30.6 Å². The summed E-state index contributed by atoms with van der Waals surface area (Å²) in [5, 5.41) is 6.67. The topological polar surface area (TPSA) is 118 Å². The predicted octanol–water partition coefficient (Wildman–Crippen LogP) is 2.51. The molecule has 0 bridgehead atoms. The number of likely N-dealkylation sites (N-methyl/N-ethyl adjacent to an activating group) is 1. The zero-order valence-corrected chi connectivity index (χ0v) is 20.2. The molecule has 0 unspecified atom stereocenters. The van der Waals surface area contributed by atoms with Crippen LogP contribution in [0, 0.1) is 0 Å². The fraction of sp³-hybridized carbons (Fsp3) is 0.348. The molecule has 4 rings (SSSR count). The number of urea groups is 1.